The van der Waals surface area contributed by atoms with E-state index in [0.717, 1.165) is 28.1 Å². The van der Waals surface area contributed by atoms with Gasteiger partial charge in [-0.1, -0.05) is 23.7 Å². The van der Waals surface area contributed by atoms with Gasteiger partial charge in [0.2, 0.25) is 0 Å². The molecule has 1 N–H and O–H groups in total. The summed E-state index contributed by atoms with van der Waals surface area (Å²) in [4.78, 5) is 10.2. The summed E-state index contributed by atoms with van der Waals surface area (Å²) in [5.41, 5.74) is 3.52. The maximum atomic E-state index is 6.03. The number of hydrogen-bond donors (Lipinski definition) is 1. The molecular weight excluding hydrogens is 290 g/mol. The molecule has 98 valence electrons. The van der Waals surface area contributed by atoms with Crippen molar-refractivity contribution < 1.29 is 0 Å². The molecule has 20 heavy (non-hydrogen) atoms. The predicted octanol–water partition coefficient (Wildman–Crippen LogP) is 4.51. The van der Waals surface area contributed by atoms with Crippen LogP contribution < -0.4 is 5.32 Å². The number of benzene rings is 1. The minimum Gasteiger partial charge on any atom is -0.316 e. The molecule has 4 rings (SSSR count). The number of nitrogens with one attached hydrogen (secondary N) is 1. The van der Waals surface area contributed by atoms with Crippen LogP contribution in [-0.4, -0.2) is 9.97 Å². The molecule has 3 aromatic rings. The molecule has 0 spiro atoms. The Morgan fingerprint density at radius 3 is 3.00 bits per heavy atom. The zero-order chi connectivity index (χ0) is 13.5. The highest BCUT2D eigenvalue weighted by atomic mass is 35.5. The monoisotopic (exact) mass is 299 g/mol. The summed E-state index contributed by atoms with van der Waals surface area (Å²) in [5, 5.41) is 4.91. The van der Waals surface area contributed by atoms with E-state index in [1.54, 1.807) is 17.5 Å². The molecule has 2 heterocycles. The van der Waals surface area contributed by atoms with Gasteiger partial charge in [0.05, 0.1) is 5.69 Å². The van der Waals surface area contributed by atoms with Crippen molar-refractivity contribution in [2.45, 2.75) is 6.42 Å². The van der Waals surface area contributed by atoms with Crippen LogP contribution in [0.3, 0.4) is 0 Å². The summed E-state index contributed by atoms with van der Waals surface area (Å²) in [6.07, 6.45) is 2.67. The van der Waals surface area contributed by atoms with E-state index in [0.29, 0.717) is 0 Å². The summed E-state index contributed by atoms with van der Waals surface area (Å²) < 4.78 is 0. The van der Waals surface area contributed by atoms with E-state index in [2.05, 4.69) is 15.3 Å². The largest absolute Gasteiger partial charge is 0.316 e. The number of aromatic nitrogens is 2. The van der Waals surface area contributed by atoms with Crippen LogP contribution in [0.15, 0.2) is 42.6 Å². The smallest absolute Gasteiger partial charge is 0.189 e. The zero-order valence-corrected chi connectivity index (χ0v) is 12.0. The molecule has 0 saturated carbocycles. The van der Waals surface area contributed by atoms with Crippen LogP contribution >= 0.6 is 22.9 Å². The van der Waals surface area contributed by atoms with Crippen molar-refractivity contribution in [2.75, 3.05) is 5.32 Å². The highest BCUT2D eigenvalue weighted by Crippen LogP contribution is 2.42. The topological polar surface area (TPSA) is 37.8 Å². The predicted molar refractivity (Wildman–Crippen MR) is 82.9 cm³/mol. The first-order chi connectivity index (χ1) is 9.79. The molecule has 0 amide bonds. The first kappa shape index (κ1) is 11.9. The molecule has 1 aliphatic carbocycles. The van der Waals surface area contributed by atoms with E-state index in [1.165, 1.54) is 16.0 Å². The van der Waals surface area contributed by atoms with Gasteiger partial charge in [-0.25, -0.2) is 9.97 Å². The molecule has 0 atom stereocenters. The summed E-state index contributed by atoms with van der Waals surface area (Å²) in [6, 6.07) is 11.8. The third kappa shape index (κ3) is 1.97. The van der Waals surface area contributed by atoms with Gasteiger partial charge < -0.3 is 5.32 Å². The van der Waals surface area contributed by atoms with Crippen molar-refractivity contribution in [1.82, 2.24) is 9.97 Å². The maximum Gasteiger partial charge on any atom is 0.189 e. The lowest BCUT2D eigenvalue weighted by Gasteiger charge is -2.02. The number of anilines is 2. The van der Waals surface area contributed by atoms with Crippen molar-refractivity contribution in [1.29, 1.82) is 0 Å². The van der Waals surface area contributed by atoms with Gasteiger partial charge in [0.1, 0.15) is 5.82 Å². The summed E-state index contributed by atoms with van der Waals surface area (Å²) in [5.74, 6) is 0.816. The SMILES string of the molecule is Clc1ccc2c(c1)Cc1sc(Nc3ccccn3)nc1-2. The molecule has 0 saturated heterocycles. The van der Waals surface area contributed by atoms with E-state index < -0.39 is 0 Å². The van der Waals surface area contributed by atoms with Crippen LogP contribution in [0.2, 0.25) is 5.02 Å². The lowest BCUT2D eigenvalue weighted by molar-refractivity contribution is 1.29. The third-order valence-electron chi connectivity index (χ3n) is 3.27. The quantitative estimate of drug-likeness (QED) is 0.592. The number of hydrogen-bond acceptors (Lipinski definition) is 4. The Hall–Kier alpha value is -1.91. The number of pyridine rings is 1. The van der Waals surface area contributed by atoms with Crippen molar-refractivity contribution in [3.05, 3.63) is 58.1 Å². The van der Waals surface area contributed by atoms with Crippen LogP contribution in [0.5, 0.6) is 0 Å². The first-order valence-electron chi connectivity index (χ1n) is 6.26. The number of fused-ring (bicyclic) bond motifs is 3. The number of halogens is 1. The second-order valence-electron chi connectivity index (χ2n) is 4.61. The minimum atomic E-state index is 0.783. The highest BCUT2D eigenvalue weighted by Gasteiger charge is 2.23. The third-order valence-corrected chi connectivity index (χ3v) is 4.48. The fraction of sp³-hybridized carbons (Fsp3) is 0.0667. The molecule has 1 aliphatic rings. The van der Waals surface area contributed by atoms with Gasteiger partial charge in [0.25, 0.3) is 0 Å². The van der Waals surface area contributed by atoms with Crippen molar-refractivity contribution >= 4 is 33.9 Å². The van der Waals surface area contributed by atoms with Gasteiger partial charge in [0, 0.05) is 28.1 Å². The normalized spacial score (nSPS) is 12.1. The second-order valence-corrected chi connectivity index (χ2v) is 6.13. The minimum absolute atomic E-state index is 0.783. The molecule has 0 unspecified atom stereocenters. The van der Waals surface area contributed by atoms with Gasteiger partial charge in [0.15, 0.2) is 5.13 Å². The van der Waals surface area contributed by atoms with Crippen molar-refractivity contribution in [3.8, 4) is 11.3 Å². The maximum absolute atomic E-state index is 6.03. The van der Waals surface area contributed by atoms with Crippen LogP contribution in [-0.2, 0) is 6.42 Å². The summed E-state index contributed by atoms with van der Waals surface area (Å²) >= 11 is 7.71. The summed E-state index contributed by atoms with van der Waals surface area (Å²) in [6.45, 7) is 0. The van der Waals surface area contributed by atoms with E-state index in [-0.39, 0.29) is 0 Å². The molecule has 1 aromatic carbocycles. The molecule has 0 fully saturated rings. The standard InChI is InChI=1S/C15H10ClN3S/c16-10-4-5-11-9(7-10)8-12-14(11)19-15(20-12)18-13-3-1-2-6-17-13/h1-7H,8H2,(H,17,18,19). The fourth-order valence-electron chi connectivity index (χ4n) is 2.39. The second kappa shape index (κ2) is 4.58. The van der Waals surface area contributed by atoms with Gasteiger partial charge in [-0.05, 0) is 29.8 Å². The summed E-state index contributed by atoms with van der Waals surface area (Å²) in [7, 11) is 0. The molecule has 2 aromatic heterocycles. The average molecular weight is 300 g/mol. The highest BCUT2D eigenvalue weighted by molar-refractivity contribution is 7.16. The van der Waals surface area contributed by atoms with E-state index in [4.69, 9.17) is 11.6 Å². The first-order valence-corrected chi connectivity index (χ1v) is 7.45. The van der Waals surface area contributed by atoms with E-state index in [1.807, 2.05) is 36.4 Å². The molecular formula is C15H10ClN3S. The van der Waals surface area contributed by atoms with Crippen molar-refractivity contribution in [2.24, 2.45) is 0 Å². The number of rotatable bonds is 2. The van der Waals surface area contributed by atoms with Gasteiger partial charge in [-0.3, -0.25) is 0 Å². The molecule has 3 nitrogen and oxygen atoms in total. The molecule has 0 radical (unpaired) electrons. The van der Waals surface area contributed by atoms with Crippen molar-refractivity contribution in [3.63, 3.8) is 0 Å². The molecule has 0 bridgehead atoms. The number of nitrogens with zero attached hydrogens (tertiary/aromatic N) is 2. The molecule has 5 heteroatoms. The Labute approximate surface area is 125 Å². The Balaban J connectivity index is 1.69. The fourth-order valence-corrected chi connectivity index (χ4v) is 3.59. The van der Waals surface area contributed by atoms with Gasteiger partial charge >= 0.3 is 0 Å². The van der Waals surface area contributed by atoms with E-state index >= 15 is 0 Å². The van der Waals surface area contributed by atoms with E-state index in [9.17, 15) is 0 Å². The van der Waals surface area contributed by atoms with Crippen LogP contribution in [0.1, 0.15) is 10.4 Å². The Morgan fingerprint density at radius 1 is 1.20 bits per heavy atom. The molecule has 0 aliphatic heterocycles. The van der Waals surface area contributed by atoms with Crippen LogP contribution in [0, 0.1) is 0 Å². The lowest BCUT2D eigenvalue weighted by Crippen LogP contribution is -1.92. The van der Waals surface area contributed by atoms with Crippen LogP contribution in [0.4, 0.5) is 10.9 Å². The Morgan fingerprint density at radius 2 is 2.15 bits per heavy atom. The van der Waals surface area contributed by atoms with Gasteiger partial charge in [-0.2, -0.15) is 0 Å². The Bertz CT molecular complexity index is 783. The zero-order valence-electron chi connectivity index (χ0n) is 10.4. The van der Waals surface area contributed by atoms with Crippen LogP contribution in [0.25, 0.3) is 11.3 Å². The number of thiazole rings is 1. The average Bonchev–Trinajstić information content (AvgIpc) is 2.96. The Kier molecular flexibility index (Phi) is 2.72. The van der Waals surface area contributed by atoms with Gasteiger partial charge in [-0.15, -0.1) is 11.3 Å². The lowest BCUT2D eigenvalue weighted by atomic mass is 10.1.